The zero-order valence-electron chi connectivity index (χ0n) is 38.4. The molecule has 4 amide bonds. The van der Waals surface area contributed by atoms with Crippen LogP contribution in [0.15, 0.2) is 42.5 Å². The van der Waals surface area contributed by atoms with Gasteiger partial charge >= 0.3 is 18.2 Å². The molecule has 21 heteroatoms. The number of benzene rings is 2. The van der Waals surface area contributed by atoms with Crippen molar-refractivity contribution in [1.82, 2.24) is 20.4 Å². The molecular formula is C45H66F3N5O13. The van der Waals surface area contributed by atoms with Crippen molar-refractivity contribution in [2.45, 2.75) is 90.3 Å². The summed E-state index contributed by atoms with van der Waals surface area (Å²) in [5, 5.41) is 22.7. The molecular weight excluding hydrogens is 876 g/mol. The molecule has 0 saturated heterocycles. The van der Waals surface area contributed by atoms with Gasteiger partial charge in [0.15, 0.2) is 0 Å². The van der Waals surface area contributed by atoms with E-state index in [1.54, 1.807) is 4.90 Å². The number of nitrogens with two attached hydrogens (primary N) is 1. The summed E-state index contributed by atoms with van der Waals surface area (Å²) in [4.78, 5) is 65.3. The molecule has 18 nitrogen and oxygen atoms in total. The van der Waals surface area contributed by atoms with E-state index in [9.17, 15) is 37.5 Å². The van der Waals surface area contributed by atoms with Crippen LogP contribution in [-0.2, 0) is 62.2 Å². The Morgan fingerprint density at radius 1 is 0.818 bits per heavy atom. The summed E-state index contributed by atoms with van der Waals surface area (Å²) in [7, 11) is 1.30. The van der Waals surface area contributed by atoms with Crippen LogP contribution in [0.5, 0.6) is 5.75 Å². The molecule has 0 radical (unpaired) electrons. The lowest BCUT2D eigenvalue weighted by atomic mass is 9.83. The van der Waals surface area contributed by atoms with Crippen LogP contribution in [0.4, 0.5) is 18.0 Å². The molecule has 6 N–H and O–H groups in total. The molecule has 4 atom stereocenters. The average molecular weight is 942 g/mol. The monoisotopic (exact) mass is 941 g/mol. The SMILES string of the molecule is CC(C(=O)NC(C(=O)N1Cc2cc(OCCOCCOCCOCCOCCOCCN)ccc2C[C@H]1C(=O)N[C@@H]1CCCc2ccccc21)C(C)(C)C)N(C)C(=O)O.O=C(O)C(F)(F)F. The minimum Gasteiger partial charge on any atom is -0.491 e. The summed E-state index contributed by atoms with van der Waals surface area (Å²) in [6, 6.07) is 10.6. The smallest absolute Gasteiger partial charge is 0.490 e. The number of nitrogens with zero attached hydrogens (tertiary/aromatic N) is 2. The molecule has 2 aliphatic rings. The van der Waals surface area contributed by atoms with Crippen LogP contribution in [0, 0.1) is 5.41 Å². The highest BCUT2D eigenvalue weighted by Gasteiger charge is 2.43. The number of alkyl halides is 3. The number of likely N-dealkylation sites (N-methyl/N-ethyl adjacent to an activating group) is 1. The molecule has 0 spiro atoms. The summed E-state index contributed by atoms with van der Waals surface area (Å²) in [6.45, 7) is 12.3. The Morgan fingerprint density at radius 2 is 1.36 bits per heavy atom. The quantitative estimate of drug-likeness (QED) is 0.0944. The third-order valence-corrected chi connectivity index (χ3v) is 10.7. The van der Waals surface area contributed by atoms with Gasteiger partial charge in [-0.2, -0.15) is 13.2 Å². The van der Waals surface area contributed by atoms with E-state index in [1.165, 1.54) is 19.5 Å². The summed E-state index contributed by atoms with van der Waals surface area (Å²) in [5.74, 6) is -3.49. The van der Waals surface area contributed by atoms with E-state index in [1.807, 2.05) is 57.2 Å². The van der Waals surface area contributed by atoms with Crippen molar-refractivity contribution >= 4 is 29.8 Å². The average Bonchev–Trinajstić information content (AvgIpc) is 3.27. The normalized spacial score (nSPS) is 16.7. The van der Waals surface area contributed by atoms with E-state index >= 15 is 0 Å². The number of carbonyl (C=O) groups excluding carboxylic acids is 3. The number of carboxylic acid groups (broad SMARTS) is 2. The Balaban J connectivity index is 0.00000152. The molecule has 1 heterocycles. The third kappa shape index (κ3) is 18.3. The van der Waals surface area contributed by atoms with Crippen LogP contribution >= 0.6 is 0 Å². The number of aryl methyl sites for hydroxylation is 1. The molecule has 2 aromatic carbocycles. The van der Waals surface area contributed by atoms with Crippen LogP contribution in [0.3, 0.4) is 0 Å². The molecule has 2 aromatic rings. The molecule has 1 aliphatic carbocycles. The Hall–Kier alpha value is -5.06. The van der Waals surface area contributed by atoms with E-state index in [4.69, 9.17) is 44.1 Å². The van der Waals surface area contributed by atoms with Crippen molar-refractivity contribution in [1.29, 1.82) is 0 Å². The lowest BCUT2D eigenvalue weighted by Gasteiger charge is -2.42. The molecule has 0 saturated carbocycles. The van der Waals surface area contributed by atoms with Gasteiger partial charge in [-0.15, -0.1) is 0 Å². The summed E-state index contributed by atoms with van der Waals surface area (Å²) in [5.41, 5.74) is 8.61. The summed E-state index contributed by atoms with van der Waals surface area (Å²) < 4.78 is 65.1. The topological polar surface area (TPSA) is 238 Å². The number of carbonyl (C=O) groups is 5. The lowest BCUT2D eigenvalue weighted by Crippen LogP contribution is -2.62. The van der Waals surface area contributed by atoms with Gasteiger partial charge < -0.3 is 59.9 Å². The fraction of sp³-hybridized carbons (Fsp3) is 0.622. The van der Waals surface area contributed by atoms with E-state index in [-0.39, 0.29) is 31.5 Å². The number of amides is 4. The number of hydrogen-bond donors (Lipinski definition) is 5. The number of hydrogen-bond acceptors (Lipinski definition) is 12. The van der Waals surface area contributed by atoms with Crippen LogP contribution < -0.4 is 21.1 Å². The van der Waals surface area contributed by atoms with Crippen molar-refractivity contribution in [3.05, 3.63) is 64.7 Å². The second-order valence-corrected chi connectivity index (χ2v) is 16.6. The first-order valence-electron chi connectivity index (χ1n) is 21.8. The number of aliphatic carboxylic acids is 1. The molecule has 0 aromatic heterocycles. The predicted molar refractivity (Wildman–Crippen MR) is 234 cm³/mol. The number of halogens is 3. The van der Waals surface area contributed by atoms with Crippen molar-refractivity contribution in [3.8, 4) is 5.75 Å². The van der Waals surface area contributed by atoms with Crippen molar-refractivity contribution in [3.63, 3.8) is 0 Å². The largest absolute Gasteiger partial charge is 0.491 e. The van der Waals surface area contributed by atoms with E-state index < -0.39 is 53.6 Å². The number of ether oxygens (including phenoxy) is 6. The van der Waals surface area contributed by atoms with E-state index in [2.05, 4.69) is 16.7 Å². The Labute approximate surface area is 383 Å². The number of rotatable bonds is 24. The maximum atomic E-state index is 14.7. The minimum atomic E-state index is -5.08. The molecule has 0 fully saturated rings. The first-order chi connectivity index (χ1) is 31.3. The second kappa shape index (κ2) is 27.5. The van der Waals surface area contributed by atoms with Gasteiger partial charge in [0.05, 0.1) is 72.1 Å². The zero-order valence-corrected chi connectivity index (χ0v) is 38.4. The third-order valence-electron chi connectivity index (χ3n) is 10.7. The zero-order chi connectivity index (χ0) is 48.9. The number of nitrogens with one attached hydrogen (secondary N) is 2. The number of carboxylic acids is 1. The van der Waals surface area contributed by atoms with Crippen molar-refractivity contribution < 1.29 is 75.8 Å². The van der Waals surface area contributed by atoms with Gasteiger partial charge in [0, 0.05) is 26.6 Å². The van der Waals surface area contributed by atoms with Crippen molar-refractivity contribution in [2.75, 3.05) is 86.3 Å². The van der Waals surface area contributed by atoms with Crippen LogP contribution in [-0.4, -0.2) is 160 Å². The van der Waals surface area contributed by atoms with Gasteiger partial charge in [-0.3, -0.25) is 19.3 Å². The van der Waals surface area contributed by atoms with Crippen LogP contribution in [0.2, 0.25) is 0 Å². The van der Waals surface area contributed by atoms with E-state index in [0.717, 1.165) is 40.9 Å². The van der Waals surface area contributed by atoms with Crippen LogP contribution in [0.25, 0.3) is 0 Å². The second-order valence-electron chi connectivity index (χ2n) is 16.6. The van der Waals surface area contributed by atoms with Crippen LogP contribution in [0.1, 0.15) is 68.8 Å². The molecule has 1 aliphatic heterocycles. The Kier molecular flexibility index (Phi) is 23.1. The van der Waals surface area contributed by atoms with Gasteiger partial charge in [-0.1, -0.05) is 51.1 Å². The summed E-state index contributed by atoms with van der Waals surface area (Å²) >= 11 is 0. The first-order valence-corrected chi connectivity index (χ1v) is 21.8. The fourth-order valence-electron chi connectivity index (χ4n) is 6.99. The maximum absolute atomic E-state index is 14.7. The highest BCUT2D eigenvalue weighted by molar-refractivity contribution is 5.94. The fourth-order valence-corrected chi connectivity index (χ4v) is 6.99. The standard InChI is InChI=1S/C43H65N5O11.C2HF3O2/c1-30(47(5)42(52)53)39(49)46-38(43(2,3)4)41(51)48-29-33-27-34(59-26-25-58-24-23-57-22-21-56-20-19-55-18-17-54-16-15-44)14-13-32(33)28-37(48)40(50)45-36-12-8-10-31-9-6-7-11-35(31)36;3-2(4,5)1(6)7/h6-7,9,11,13-14,27,30,36-38H,8,10,12,15-26,28-29,44H2,1-5H3,(H,45,50)(H,46,49)(H,52,53);(H,6,7)/t30?,36-,37+,38?;/m1./s1. The predicted octanol–water partition coefficient (Wildman–Crippen LogP) is 3.72. The molecule has 66 heavy (non-hydrogen) atoms. The highest BCUT2D eigenvalue weighted by Crippen LogP contribution is 2.33. The van der Waals surface area contributed by atoms with Gasteiger partial charge in [0.25, 0.3) is 0 Å². The van der Waals surface area contributed by atoms with Gasteiger partial charge in [0.1, 0.15) is 30.5 Å². The van der Waals surface area contributed by atoms with Gasteiger partial charge in [-0.25, -0.2) is 9.59 Å². The summed E-state index contributed by atoms with van der Waals surface area (Å²) in [6.07, 6.45) is -3.43. The highest BCUT2D eigenvalue weighted by atomic mass is 19.4. The minimum absolute atomic E-state index is 0.104. The molecule has 370 valence electrons. The van der Waals surface area contributed by atoms with Gasteiger partial charge in [0.2, 0.25) is 17.7 Å². The van der Waals surface area contributed by atoms with Gasteiger partial charge in [-0.05, 0) is 66.0 Å². The molecule has 0 bridgehead atoms. The Bertz CT molecular complexity index is 1870. The Morgan fingerprint density at radius 3 is 1.89 bits per heavy atom. The van der Waals surface area contributed by atoms with E-state index in [0.29, 0.717) is 78.4 Å². The molecule has 2 unspecified atom stereocenters. The lowest BCUT2D eigenvalue weighted by molar-refractivity contribution is -0.192. The molecule has 4 rings (SSSR count). The maximum Gasteiger partial charge on any atom is 0.490 e. The number of fused-ring (bicyclic) bond motifs is 2. The van der Waals surface area contributed by atoms with Crippen molar-refractivity contribution in [2.24, 2.45) is 11.1 Å². The first kappa shape index (κ1) is 55.3.